The molecule has 0 amide bonds. The maximum atomic E-state index is 12.9. The van der Waals surface area contributed by atoms with Crippen molar-refractivity contribution in [1.82, 2.24) is 19.7 Å². The van der Waals surface area contributed by atoms with Crippen molar-refractivity contribution in [3.05, 3.63) is 23.7 Å². The first-order chi connectivity index (χ1) is 11.5. The lowest BCUT2D eigenvalue weighted by Crippen LogP contribution is -2.36. The zero-order valence-corrected chi connectivity index (χ0v) is 13.9. The van der Waals surface area contributed by atoms with Gasteiger partial charge >= 0.3 is 12.1 Å². The Morgan fingerprint density at radius 2 is 1.96 bits per heavy atom. The lowest BCUT2D eigenvalue weighted by Gasteiger charge is -2.19. The van der Waals surface area contributed by atoms with Crippen LogP contribution < -0.4 is 10.6 Å². The van der Waals surface area contributed by atoms with Gasteiger partial charge < -0.3 is 15.7 Å². The van der Waals surface area contributed by atoms with E-state index in [-0.39, 0.29) is 11.8 Å². The first-order valence-electron chi connectivity index (χ1n) is 7.16. The molecular formula is C14H17F3N6O2. The van der Waals surface area contributed by atoms with Crippen molar-refractivity contribution in [2.24, 2.45) is 0 Å². The molecule has 0 saturated heterocycles. The molecule has 0 aliphatic heterocycles. The van der Waals surface area contributed by atoms with Crippen molar-refractivity contribution in [2.75, 3.05) is 17.7 Å². The van der Waals surface area contributed by atoms with Gasteiger partial charge in [0.05, 0.1) is 17.6 Å². The number of hydrogen-bond donors (Lipinski definition) is 3. The molecule has 0 aromatic carbocycles. The highest BCUT2D eigenvalue weighted by Gasteiger charge is 2.35. The molecule has 2 rings (SSSR count). The van der Waals surface area contributed by atoms with Gasteiger partial charge in [-0.15, -0.1) is 0 Å². The molecule has 0 bridgehead atoms. The second-order valence-electron chi connectivity index (χ2n) is 5.77. The van der Waals surface area contributed by atoms with Gasteiger partial charge in [-0.2, -0.15) is 23.3 Å². The van der Waals surface area contributed by atoms with Gasteiger partial charge in [0.2, 0.25) is 5.95 Å². The Morgan fingerprint density at radius 3 is 2.48 bits per heavy atom. The van der Waals surface area contributed by atoms with Gasteiger partial charge in [0.25, 0.3) is 0 Å². The summed E-state index contributed by atoms with van der Waals surface area (Å²) in [5.41, 5.74) is -1.44. The first kappa shape index (κ1) is 18.5. The summed E-state index contributed by atoms with van der Waals surface area (Å²) in [7, 11) is 1.32. The molecule has 136 valence electrons. The number of carbonyl (C=O) groups is 1. The summed E-state index contributed by atoms with van der Waals surface area (Å²) in [5, 5.41) is 18.5. The van der Waals surface area contributed by atoms with Crippen LogP contribution in [-0.4, -0.2) is 37.9 Å². The van der Waals surface area contributed by atoms with E-state index in [1.807, 2.05) is 0 Å². The summed E-state index contributed by atoms with van der Waals surface area (Å²) >= 11 is 0. The normalized spacial score (nSPS) is 12.1. The maximum absolute atomic E-state index is 12.9. The monoisotopic (exact) mass is 358 g/mol. The summed E-state index contributed by atoms with van der Waals surface area (Å²) in [6, 6.07) is 0. The number of nitrogens with zero attached hydrogens (tertiary/aromatic N) is 4. The smallest absolute Gasteiger partial charge is 0.421 e. The molecule has 2 aromatic rings. The highest BCUT2D eigenvalue weighted by molar-refractivity contribution is 5.75. The Bertz CT molecular complexity index is 800. The first-order valence-corrected chi connectivity index (χ1v) is 7.16. The number of nitrogens with one attached hydrogen (secondary N) is 2. The van der Waals surface area contributed by atoms with E-state index in [4.69, 9.17) is 0 Å². The predicted molar refractivity (Wildman–Crippen MR) is 83.8 cm³/mol. The number of aryl methyl sites for hydroxylation is 1. The Morgan fingerprint density at radius 1 is 1.32 bits per heavy atom. The summed E-state index contributed by atoms with van der Waals surface area (Å²) in [6.45, 7) is 4.57. The van der Waals surface area contributed by atoms with Crippen molar-refractivity contribution in [2.45, 2.75) is 32.5 Å². The van der Waals surface area contributed by atoms with E-state index in [2.05, 4.69) is 25.7 Å². The second-order valence-corrected chi connectivity index (χ2v) is 5.77. The van der Waals surface area contributed by atoms with Gasteiger partial charge in [-0.1, -0.05) is 0 Å². The molecule has 2 heterocycles. The summed E-state index contributed by atoms with van der Waals surface area (Å²) in [5.74, 6) is -1.53. The number of alkyl halides is 3. The lowest BCUT2D eigenvalue weighted by atomic mass is 10.1. The second kappa shape index (κ2) is 6.22. The van der Waals surface area contributed by atoms with E-state index < -0.39 is 23.2 Å². The molecule has 0 atom stereocenters. The standard InChI is InChI=1S/C14H17F3N6O2/c1-7-9(6-23(22-7)13(2,3)11(24)25)20-12-19-5-8(14(15,16)17)10(18-4)21-12/h5-6H,1-4H3,(H,24,25)(H2,18,19,20,21). The number of anilines is 3. The van der Waals surface area contributed by atoms with Gasteiger partial charge in [-0.3, -0.25) is 4.68 Å². The molecule has 11 heteroatoms. The van der Waals surface area contributed by atoms with Gasteiger partial charge in [0.15, 0.2) is 5.54 Å². The minimum Gasteiger partial charge on any atom is -0.479 e. The fourth-order valence-electron chi connectivity index (χ4n) is 1.93. The fraction of sp³-hybridized carbons (Fsp3) is 0.429. The third-order valence-corrected chi connectivity index (χ3v) is 3.57. The zero-order valence-electron chi connectivity index (χ0n) is 13.9. The molecule has 0 aliphatic carbocycles. The predicted octanol–water partition coefficient (Wildman–Crippen LogP) is 2.61. The lowest BCUT2D eigenvalue weighted by molar-refractivity contribution is -0.146. The Balaban J connectivity index is 2.35. The van der Waals surface area contributed by atoms with Crippen LogP contribution in [0.2, 0.25) is 0 Å². The highest BCUT2D eigenvalue weighted by Crippen LogP contribution is 2.34. The average molecular weight is 358 g/mol. The quantitative estimate of drug-likeness (QED) is 0.754. The largest absolute Gasteiger partial charge is 0.479 e. The molecule has 2 aromatic heterocycles. The highest BCUT2D eigenvalue weighted by atomic mass is 19.4. The molecule has 3 N–H and O–H groups in total. The molecule has 8 nitrogen and oxygen atoms in total. The van der Waals surface area contributed by atoms with E-state index in [0.717, 1.165) is 0 Å². The van der Waals surface area contributed by atoms with Gasteiger partial charge in [0, 0.05) is 13.2 Å². The number of carboxylic acids is 1. The van der Waals surface area contributed by atoms with Crippen molar-refractivity contribution in [3.8, 4) is 0 Å². The Hall–Kier alpha value is -2.85. The molecule has 0 saturated carbocycles. The van der Waals surface area contributed by atoms with Crippen LogP contribution in [0.1, 0.15) is 25.1 Å². The van der Waals surface area contributed by atoms with Gasteiger partial charge in [-0.05, 0) is 20.8 Å². The van der Waals surface area contributed by atoms with Crippen molar-refractivity contribution >= 4 is 23.4 Å². The van der Waals surface area contributed by atoms with Crippen LogP contribution in [0.15, 0.2) is 12.4 Å². The van der Waals surface area contributed by atoms with Crippen LogP contribution in [0.5, 0.6) is 0 Å². The van der Waals surface area contributed by atoms with Crippen molar-refractivity contribution in [3.63, 3.8) is 0 Å². The molecular weight excluding hydrogens is 341 g/mol. The minimum atomic E-state index is -4.58. The van der Waals surface area contributed by atoms with E-state index in [0.29, 0.717) is 17.6 Å². The zero-order chi connectivity index (χ0) is 19.0. The molecule has 0 radical (unpaired) electrons. The fourth-order valence-corrected chi connectivity index (χ4v) is 1.93. The third kappa shape index (κ3) is 3.64. The summed E-state index contributed by atoms with van der Waals surface area (Å²) in [6.07, 6.45) is -2.48. The number of rotatable bonds is 5. The molecule has 0 spiro atoms. The van der Waals surface area contributed by atoms with Gasteiger partial charge in [0.1, 0.15) is 11.4 Å². The average Bonchev–Trinajstić information content (AvgIpc) is 2.87. The minimum absolute atomic E-state index is 0.0758. The number of halogens is 3. The number of carboxylic acid groups (broad SMARTS) is 1. The van der Waals surface area contributed by atoms with Crippen molar-refractivity contribution < 1.29 is 23.1 Å². The van der Waals surface area contributed by atoms with Crippen LogP contribution in [0.3, 0.4) is 0 Å². The van der Waals surface area contributed by atoms with Crippen LogP contribution in [0, 0.1) is 6.92 Å². The Labute approximate surface area is 141 Å². The van der Waals surface area contributed by atoms with Crippen LogP contribution in [-0.2, 0) is 16.5 Å². The molecule has 0 fully saturated rings. The van der Waals surface area contributed by atoms with Gasteiger partial charge in [-0.25, -0.2) is 9.78 Å². The molecule has 25 heavy (non-hydrogen) atoms. The van der Waals surface area contributed by atoms with E-state index in [1.54, 1.807) is 6.92 Å². The number of hydrogen-bond acceptors (Lipinski definition) is 6. The van der Waals surface area contributed by atoms with E-state index in [9.17, 15) is 23.1 Å². The van der Waals surface area contributed by atoms with Crippen LogP contribution >= 0.6 is 0 Å². The van der Waals surface area contributed by atoms with Crippen LogP contribution in [0.4, 0.5) is 30.6 Å². The summed E-state index contributed by atoms with van der Waals surface area (Å²) in [4.78, 5) is 18.7. The maximum Gasteiger partial charge on any atom is 0.421 e. The van der Waals surface area contributed by atoms with Crippen LogP contribution in [0.25, 0.3) is 0 Å². The summed E-state index contributed by atoms with van der Waals surface area (Å²) < 4.78 is 39.8. The number of aromatic nitrogens is 4. The third-order valence-electron chi connectivity index (χ3n) is 3.57. The topological polar surface area (TPSA) is 105 Å². The Kier molecular flexibility index (Phi) is 4.60. The molecule has 0 unspecified atom stereocenters. The van der Waals surface area contributed by atoms with Crippen molar-refractivity contribution in [1.29, 1.82) is 0 Å². The van der Waals surface area contributed by atoms with E-state index in [1.165, 1.54) is 31.8 Å². The molecule has 0 aliphatic rings. The SMILES string of the molecule is CNc1nc(Nc2cn(C(C)(C)C(=O)O)nc2C)ncc1C(F)(F)F. The number of aliphatic carboxylic acids is 1. The van der Waals surface area contributed by atoms with E-state index >= 15 is 0 Å².